The van der Waals surface area contributed by atoms with E-state index in [0.29, 0.717) is 41.7 Å². The van der Waals surface area contributed by atoms with E-state index < -0.39 is 45.3 Å². The Morgan fingerprint density at radius 1 is 1.21 bits per heavy atom. The number of H-pyrrole nitrogens is 1. The molecule has 1 fully saturated rings. The van der Waals surface area contributed by atoms with Crippen molar-refractivity contribution in [3.63, 3.8) is 0 Å². The van der Waals surface area contributed by atoms with Crippen molar-refractivity contribution in [2.24, 2.45) is 5.92 Å². The van der Waals surface area contributed by atoms with Gasteiger partial charge in [-0.3, -0.25) is 9.52 Å². The third kappa shape index (κ3) is 3.88. The van der Waals surface area contributed by atoms with Crippen molar-refractivity contribution in [2.45, 2.75) is 19.8 Å². The van der Waals surface area contributed by atoms with Gasteiger partial charge in [-0.2, -0.15) is 12.7 Å². The number of hydrogen-bond acceptors (Lipinski definition) is 6. The van der Waals surface area contributed by atoms with E-state index in [1.807, 2.05) is 6.92 Å². The monoisotopic (exact) mass is 486 g/mol. The highest BCUT2D eigenvalue weighted by Crippen LogP contribution is 2.37. The van der Waals surface area contributed by atoms with Crippen LogP contribution in [0.3, 0.4) is 0 Å². The number of halogens is 2. The number of Topliss-reactive ketones (excluding diaryl/α,β-unsaturated/α-hetero) is 1. The molecule has 1 aliphatic carbocycles. The number of aromatic nitrogens is 4. The Morgan fingerprint density at radius 3 is 2.68 bits per heavy atom. The molecular weight excluding hydrogens is 466 g/mol. The number of pyridine rings is 1. The van der Waals surface area contributed by atoms with Crippen LogP contribution < -0.4 is 4.72 Å². The number of ketones is 1. The molecule has 12 heteroatoms. The molecule has 5 rings (SSSR count). The Labute approximate surface area is 193 Å². The maximum atomic E-state index is 15.2. The van der Waals surface area contributed by atoms with Gasteiger partial charge in [0, 0.05) is 66.4 Å². The summed E-state index contributed by atoms with van der Waals surface area (Å²) in [4.78, 5) is 28.2. The molecule has 0 radical (unpaired) electrons. The minimum Gasteiger partial charge on any atom is -0.345 e. The lowest BCUT2D eigenvalue weighted by Crippen LogP contribution is -2.38. The van der Waals surface area contributed by atoms with Gasteiger partial charge in [0.2, 0.25) is 5.78 Å². The van der Waals surface area contributed by atoms with E-state index in [0.717, 1.165) is 0 Å². The molecule has 3 aromatic heterocycles. The fourth-order valence-corrected chi connectivity index (χ4v) is 5.56. The van der Waals surface area contributed by atoms with Gasteiger partial charge in [-0.05, 0) is 18.4 Å². The van der Waals surface area contributed by atoms with Gasteiger partial charge in [0.15, 0.2) is 5.83 Å². The third-order valence-corrected chi connectivity index (χ3v) is 7.48. The molecule has 0 amide bonds. The van der Waals surface area contributed by atoms with Crippen molar-refractivity contribution in [3.8, 4) is 11.1 Å². The molecule has 2 N–H and O–H groups in total. The van der Waals surface area contributed by atoms with Gasteiger partial charge in [0.1, 0.15) is 17.8 Å². The predicted octanol–water partition coefficient (Wildman–Crippen LogP) is 3.19. The molecule has 1 saturated heterocycles. The van der Waals surface area contributed by atoms with Crippen LogP contribution in [-0.2, 0) is 10.2 Å². The van der Waals surface area contributed by atoms with E-state index in [1.54, 1.807) is 24.7 Å². The summed E-state index contributed by atoms with van der Waals surface area (Å²) in [5.74, 6) is -2.99. The van der Waals surface area contributed by atoms with E-state index >= 15 is 4.39 Å². The number of rotatable bonds is 6. The summed E-state index contributed by atoms with van der Waals surface area (Å²) in [7, 11) is -4.05. The summed E-state index contributed by atoms with van der Waals surface area (Å²) in [6.45, 7) is 2.50. The topological polar surface area (TPSA) is 121 Å². The fourth-order valence-electron chi connectivity index (χ4n) is 4.16. The lowest BCUT2D eigenvalue weighted by molar-refractivity contribution is 0.103. The minimum absolute atomic E-state index is 0.0129. The highest BCUT2D eigenvalue weighted by atomic mass is 32.2. The van der Waals surface area contributed by atoms with E-state index in [2.05, 4.69) is 24.7 Å². The molecule has 9 nitrogen and oxygen atoms in total. The molecule has 0 saturated carbocycles. The number of nitrogens with zero attached hydrogens (tertiary/aromatic N) is 4. The molecule has 0 bridgehead atoms. The zero-order valence-electron chi connectivity index (χ0n) is 18.0. The number of aromatic amines is 1. The number of carbonyl (C=O) groups is 1. The van der Waals surface area contributed by atoms with Crippen LogP contribution in [0, 0.1) is 5.92 Å². The normalized spacial score (nSPS) is 19.4. The molecule has 34 heavy (non-hydrogen) atoms. The first-order chi connectivity index (χ1) is 16.2. The molecule has 176 valence electrons. The highest BCUT2D eigenvalue weighted by molar-refractivity contribution is 7.87. The van der Waals surface area contributed by atoms with Crippen LogP contribution in [0.25, 0.3) is 22.2 Å². The summed E-state index contributed by atoms with van der Waals surface area (Å²) >= 11 is 0. The average Bonchev–Trinajstić information content (AvgIpc) is 3.51. The summed E-state index contributed by atoms with van der Waals surface area (Å²) in [5.41, 5.74) is 0.367. The first-order valence-electron chi connectivity index (χ1n) is 10.6. The number of fused-ring (bicyclic) bond motifs is 1. The van der Waals surface area contributed by atoms with E-state index in [1.165, 1.54) is 16.8 Å². The number of allylic oxidation sites excluding steroid dienone is 3. The van der Waals surface area contributed by atoms with E-state index in [9.17, 15) is 17.6 Å². The zero-order chi connectivity index (χ0) is 24.0. The Hall–Kier alpha value is -3.51. The zero-order valence-corrected chi connectivity index (χ0v) is 18.9. The Balaban J connectivity index is 1.46. The minimum atomic E-state index is -4.05. The van der Waals surface area contributed by atoms with Gasteiger partial charge in [0.05, 0.1) is 11.3 Å². The number of nitrogens with one attached hydrogen (secondary N) is 2. The van der Waals surface area contributed by atoms with Crippen LogP contribution in [0.1, 0.15) is 30.1 Å². The molecule has 0 unspecified atom stereocenters. The Morgan fingerprint density at radius 2 is 1.97 bits per heavy atom. The second kappa shape index (κ2) is 8.37. The standard InChI is InChI=1S/C22H20F2N6O3S/c1-12-2-3-30(10-12)34(32,33)29-18-5-17(23)19(20(18)24)21(31)16-9-28-22-15(16)4-13(8-27-22)14-6-25-11-26-7-14/h4,6-9,11-12,29H,2-3,5,10H2,1H3,(H,27,28)/t12-/m1/s1. The number of carbonyl (C=O) groups excluding carboxylic acids is 1. The molecule has 4 heterocycles. The van der Waals surface area contributed by atoms with E-state index in [4.69, 9.17) is 0 Å². The van der Waals surface area contributed by atoms with Crippen molar-refractivity contribution < 1.29 is 22.0 Å². The molecule has 1 atom stereocenters. The van der Waals surface area contributed by atoms with Crippen molar-refractivity contribution in [1.29, 1.82) is 0 Å². The van der Waals surface area contributed by atoms with Crippen LogP contribution in [0.2, 0.25) is 0 Å². The third-order valence-electron chi connectivity index (χ3n) is 5.96. The predicted molar refractivity (Wildman–Crippen MR) is 120 cm³/mol. The number of hydrogen-bond donors (Lipinski definition) is 2. The molecular formula is C22H20F2N6O3S. The summed E-state index contributed by atoms with van der Waals surface area (Å²) < 4.78 is 58.5. The van der Waals surface area contributed by atoms with Gasteiger partial charge in [-0.15, -0.1) is 0 Å². The summed E-state index contributed by atoms with van der Waals surface area (Å²) in [6.07, 6.45) is 7.45. The lowest BCUT2D eigenvalue weighted by atomic mass is 10.0. The van der Waals surface area contributed by atoms with Gasteiger partial charge in [-0.25, -0.2) is 23.7 Å². The van der Waals surface area contributed by atoms with Crippen molar-refractivity contribution in [2.75, 3.05) is 13.1 Å². The van der Waals surface area contributed by atoms with Gasteiger partial charge in [0.25, 0.3) is 0 Å². The van der Waals surface area contributed by atoms with Crippen LogP contribution in [0.15, 0.2) is 60.1 Å². The molecule has 2 aliphatic rings. The lowest BCUT2D eigenvalue weighted by Gasteiger charge is -2.17. The average molecular weight is 487 g/mol. The quantitative estimate of drug-likeness (QED) is 0.516. The SMILES string of the molecule is C[C@@H]1CCN(S(=O)(=O)NC2=C(F)C(C(=O)c3c[nH]c4ncc(-c5cncnc5)cc34)=C(F)C2)C1. The molecule has 0 aromatic carbocycles. The van der Waals surface area contributed by atoms with E-state index in [-0.39, 0.29) is 11.5 Å². The van der Waals surface area contributed by atoms with Gasteiger partial charge in [-0.1, -0.05) is 6.92 Å². The maximum absolute atomic E-state index is 15.2. The van der Waals surface area contributed by atoms with Crippen molar-refractivity contribution in [3.05, 3.63) is 65.7 Å². The Bertz CT molecular complexity index is 1470. The van der Waals surface area contributed by atoms with Crippen LogP contribution in [0.5, 0.6) is 0 Å². The van der Waals surface area contributed by atoms with Crippen molar-refractivity contribution >= 4 is 27.0 Å². The first-order valence-corrected chi connectivity index (χ1v) is 12.0. The smallest absolute Gasteiger partial charge is 0.301 e. The summed E-state index contributed by atoms with van der Waals surface area (Å²) in [6, 6.07) is 1.65. The van der Waals surface area contributed by atoms with Crippen LogP contribution in [0.4, 0.5) is 8.78 Å². The van der Waals surface area contributed by atoms with Crippen LogP contribution >= 0.6 is 0 Å². The highest BCUT2D eigenvalue weighted by Gasteiger charge is 2.36. The molecule has 1 aliphatic heterocycles. The molecule has 3 aromatic rings. The largest absolute Gasteiger partial charge is 0.345 e. The second-order valence-electron chi connectivity index (χ2n) is 8.39. The Kier molecular flexibility index (Phi) is 5.48. The molecule has 0 spiro atoms. The van der Waals surface area contributed by atoms with Gasteiger partial charge >= 0.3 is 10.2 Å². The summed E-state index contributed by atoms with van der Waals surface area (Å²) in [5, 5.41) is 0.361. The maximum Gasteiger partial charge on any atom is 0.301 e. The van der Waals surface area contributed by atoms with Crippen LogP contribution in [-0.4, -0.2) is 51.5 Å². The van der Waals surface area contributed by atoms with Crippen molar-refractivity contribution in [1.82, 2.24) is 29.0 Å². The second-order valence-corrected chi connectivity index (χ2v) is 10.1. The fraction of sp³-hybridized carbons (Fsp3) is 0.273. The van der Waals surface area contributed by atoms with Gasteiger partial charge < -0.3 is 4.98 Å². The first kappa shape index (κ1) is 22.3.